The fourth-order valence-corrected chi connectivity index (χ4v) is 3.16. The third-order valence-electron chi connectivity index (χ3n) is 2.81. The molecule has 0 bridgehead atoms. The average Bonchev–Trinajstić information content (AvgIpc) is 2.93. The van der Waals surface area contributed by atoms with E-state index in [0.29, 0.717) is 22.3 Å². The number of nitrogens with one attached hydrogen (secondary N) is 2. The molecule has 1 unspecified atom stereocenters. The molecular formula is C12H14Cl2N2O2S. The van der Waals surface area contributed by atoms with Crippen LogP contribution in [0.2, 0.25) is 10.0 Å². The highest BCUT2D eigenvalue weighted by Crippen LogP contribution is 2.30. The number of halogens is 2. The third-order valence-corrected chi connectivity index (χ3v) is 4.39. The molecule has 0 saturated carbocycles. The number of carbonyl (C=O) groups is 1. The van der Waals surface area contributed by atoms with Gasteiger partial charge in [0.25, 0.3) is 0 Å². The number of rotatable bonds is 4. The summed E-state index contributed by atoms with van der Waals surface area (Å²) in [6.45, 7) is 0.351. The number of hydrogen-bond acceptors (Lipinski definition) is 4. The number of carbonyl (C=O) groups excluding carboxylic acids is 1. The van der Waals surface area contributed by atoms with E-state index in [9.17, 15) is 4.79 Å². The van der Waals surface area contributed by atoms with Crippen LogP contribution in [0.1, 0.15) is 5.56 Å². The molecule has 2 rings (SSSR count). The molecule has 1 aromatic rings. The van der Waals surface area contributed by atoms with Gasteiger partial charge >= 0.3 is 0 Å². The van der Waals surface area contributed by atoms with Gasteiger partial charge in [0.15, 0.2) is 0 Å². The summed E-state index contributed by atoms with van der Waals surface area (Å²) in [7, 11) is 1.53. The maximum atomic E-state index is 11.9. The Bertz CT molecular complexity index is 479. The molecule has 1 fully saturated rings. The summed E-state index contributed by atoms with van der Waals surface area (Å²) < 4.78 is 5.07. The van der Waals surface area contributed by atoms with Crippen molar-refractivity contribution in [3.8, 4) is 5.75 Å². The van der Waals surface area contributed by atoms with Crippen molar-refractivity contribution in [2.45, 2.75) is 12.6 Å². The Morgan fingerprint density at radius 1 is 1.53 bits per heavy atom. The van der Waals surface area contributed by atoms with Crippen LogP contribution in [0.5, 0.6) is 5.75 Å². The lowest BCUT2D eigenvalue weighted by molar-refractivity contribution is -0.122. The van der Waals surface area contributed by atoms with Gasteiger partial charge in [-0.05, 0) is 11.6 Å². The minimum Gasteiger partial charge on any atom is -0.495 e. The number of methoxy groups -OCH3 is 1. The number of benzene rings is 1. The number of hydrogen-bond donors (Lipinski definition) is 2. The zero-order chi connectivity index (χ0) is 13.8. The van der Waals surface area contributed by atoms with Crippen LogP contribution in [0.4, 0.5) is 0 Å². The van der Waals surface area contributed by atoms with E-state index in [1.807, 2.05) is 0 Å². The van der Waals surface area contributed by atoms with Crippen molar-refractivity contribution in [3.05, 3.63) is 27.7 Å². The second-order valence-corrected chi connectivity index (χ2v) is 5.91. The Kier molecular flexibility index (Phi) is 5.21. The summed E-state index contributed by atoms with van der Waals surface area (Å²) in [6, 6.07) is 3.23. The average molecular weight is 321 g/mol. The van der Waals surface area contributed by atoms with Gasteiger partial charge in [-0.15, -0.1) is 11.8 Å². The van der Waals surface area contributed by atoms with Gasteiger partial charge in [0.2, 0.25) is 5.91 Å². The predicted molar refractivity (Wildman–Crippen MR) is 79.1 cm³/mol. The third kappa shape index (κ3) is 3.69. The molecule has 1 amide bonds. The number of thioether (sulfide) groups is 1. The topological polar surface area (TPSA) is 50.4 Å². The molecule has 1 aliphatic rings. The smallest absolute Gasteiger partial charge is 0.238 e. The largest absolute Gasteiger partial charge is 0.495 e. The molecule has 1 atom stereocenters. The molecule has 1 heterocycles. The van der Waals surface area contributed by atoms with Crippen molar-refractivity contribution in [3.63, 3.8) is 0 Å². The molecule has 1 saturated heterocycles. The molecule has 1 aliphatic heterocycles. The van der Waals surface area contributed by atoms with E-state index in [4.69, 9.17) is 27.9 Å². The highest BCUT2D eigenvalue weighted by molar-refractivity contribution is 7.99. The highest BCUT2D eigenvalue weighted by atomic mass is 35.5. The molecule has 1 aromatic carbocycles. The van der Waals surface area contributed by atoms with Crippen LogP contribution >= 0.6 is 35.0 Å². The standard InChI is InChI=1S/C12H14Cl2N2O2S/c1-18-11-3-8(13)7(2-9(11)14)4-15-12(17)10-5-19-6-16-10/h2-3,10,16H,4-6H2,1H3,(H,15,17). The molecule has 7 heteroatoms. The maximum Gasteiger partial charge on any atom is 0.238 e. The Balaban J connectivity index is 1.99. The molecule has 0 spiro atoms. The van der Waals surface area contributed by atoms with Gasteiger partial charge in [0.05, 0.1) is 18.2 Å². The van der Waals surface area contributed by atoms with Gasteiger partial charge in [-0.3, -0.25) is 10.1 Å². The van der Waals surface area contributed by atoms with E-state index in [-0.39, 0.29) is 11.9 Å². The fraction of sp³-hybridized carbons (Fsp3) is 0.417. The summed E-state index contributed by atoms with van der Waals surface area (Å²) in [5.74, 6) is 2.11. The minimum atomic E-state index is -0.127. The second-order valence-electron chi connectivity index (χ2n) is 4.07. The van der Waals surface area contributed by atoms with Crippen LogP contribution in [0.3, 0.4) is 0 Å². The minimum absolute atomic E-state index is 0.0204. The van der Waals surface area contributed by atoms with Gasteiger partial charge in [-0.25, -0.2) is 0 Å². The zero-order valence-corrected chi connectivity index (χ0v) is 12.7. The Morgan fingerprint density at radius 3 is 2.95 bits per heavy atom. The van der Waals surface area contributed by atoms with Gasteiger partial charge in [-0.2, -0.15) is 0 Å². The van der Waals surface area contributed by atoms with E-state index in [0.717, 1.165) is 17.2 Å². The Morgan fingerprint density at radius 2 is 2.32 bits per heavy atom. The molecule has 104 valence electrons. The molecular weight excluding hydrogens is 307 g/mol. The van der Waals surface area contributed by atoms with E-state index >= 15 is 0 Å². The quantitative estimate of drug-likeness (QED) is 0.893. The van der Waals surface area contributed by atoms with Crippen LogP contribution in [-0.2, 0) is 11.3 Å². The lowest BCUT2D eigenvalue weighted by atomic mass is 10.2. The van der Waals surface area contributed by atoms with Crippen LogP contribution in [-0.4, -0.2) is 30.7 Å². The lowest BCUT2D eigenvalue weighted by Crippen LogP contribution is -2.41. The van der Waals surface area contributed by atoms with Crippen molar-refractivity contribution in [2.75, 3.05) is 18.7 Å². The van der Waals surface area contributed by atoms with Crippen LogP contribution in [0.15, 0.2) is 12.1 Å². The fourth-order valence-electron chi connectivity index (χ4n) is 1.73. The van der Waals surface area contributed by atoms with Gasteiger partial charge in [-0.1, -0.05) is 23.2 Å². The molecule has 0 aromatic heterocycles. The molecule has 0 aliphatic carbocycles. The highest BCUT2D eigenvalue weighted by Gasteiger charge is 2.22. The first kappa shape index (κ1) is 14.8. The van der Waals surface area contributed by atoms with Gasteiger partial charge < -0.3 is 10.1 Å². The first-order valence-corrected chi connectivity index (χ1v) is 7.63. The van der Waals surface area contributed by atoms with E-state index in [1.54, 1.807) is 23.9 Å². The van der Waals surface area contributed by atoms with Crippen molar-refractivity contribution in [2.24, 2.45) is 0 Å². The SMILES string of the molecule is COc1cc(Cl)c(CNC(=O)C2CSCN2)cc1Cl. The zero-order valence-electron chi connectivity index (χ0n) is 10.3. The first-order chi connectivity index (χ1) is 9.11. The van der Waals surface area contributed by atoms with Gasteiger partial charge in [0, 0.05) is 29.3 Å². The van der Waals surface area contributed by atoms with Crippen LogP contribution in [0, 0.1) is 0 Å². The maximum absolute atomic E-state index is 11.9. The van der Waals surface area contributed by atoms with Crippen molar-refractivity contribution >= 4 is 40.9 Å². The molecule has 19 heavy (non-hydrogen) atoms. The summed E-state index contributed by atoms with van der Waals surface area (Å²) in [6.07, 6.45) is 0. The van der Waals surface area contributed by atoms with E-state index in [1.165, 1.54) is 7.11 Å². The van der Waals surface area contributed by atoms with Crippen molar-refractivity contribution < 1.29 is 9.53 Å². The monoisotopic (exact) mass is 320 g/mol. The first-order valence-electron chi connectivity index (χ1n) is 5.72. The summed E-state index contributed by atoms with van der Waals surface area (Å²) >= 11 is 13.9. The predicted octanol–water partition coefficient (Wildman–Crippen LogP) is 2.28. The normalized spacial score (nSPS) is 18.4. The van der Waals surface area contributed by atoms with E-state index < -0.39 is 0 Å². The Hall–Kier alpha value is -0.620. The number of ether oxygens (including phenoxy) is 1. The molecule has 0 radical (unpaired) electrons. The van der Waals surface area contributed by atoms with Crippen LogP contribution in [0.25, 0.3) is 0 Å². The number of amides is 1. The van der Waals surface area contributed by atoms with Gasteiger partial charge in [0.1, 0.15) is 5.75 Å². The van der Waals surface area contributed by atoms with Crippen LogP contribution < -0.4 is 15.4 Å². The summed E-state index contributed by atoms with van der Waals surface area (Å²) in [5.41, 5.74) is 0.770. The summed E-state index contributed by atoms with van der Waals surface area (Å²) in [4.78, 5) is 11.9. The molecule has 4 nitrogen and oxygen atoms in total. The summed E-state index contributed by atoms with van der Waals surface area (Å²) in [5, 5.41) is 6.96. The van der Waals surface area contributed by atoms with Crippen molar-refractivity contribution in [1.82, 2.24) is 10.6 Å². The van der Waals surface area contributed by atoms with E-state index in [2.05, 4.69) is 10.6 Å². The molecule has 2 N–H and O–H groups in total. The van der Waals surface area contributed by atoms with Crippen molar-refractivity contribution in [1.29, 1.82) is 0 Å². The second kappa shape index (κ2) is 6.70. The lowest BCUT2D eigenvalue weighted by Gasteiger charge is -2.12. The Labute approximate surface area is 126 Å².